The van der Waals surface area contributed by atoms with Gasteiger partial charge in [0.25, 0.3) is 0 Å². The van der Waals surface area contributed by atoms with Crippen molar-refractivity contribution in [3.05, 3.63) is 102 Å². The van der Waals surface area contributed by atoms with Crippen LogP contribution >= 0.6 is 0 Å². The van der Waals surface area contributed by atoms with Gasteiger partial charge in [0.05, 0.1) is 45.9 Å². The number of rotatable bonds is 19. The summed E-state index contributed by atoms with van der Waals surface area (Å²) in [5.41, 5.74) is 16.7. The maximum Gasteiger partial charge on any atom is 0.301 e. The zero-order chi connectivity index (χ0) is 44.8. The first kappa shape index (κ1) is 44.8. The smallest absolute Gasteiger partial charge is 0.301 e. The van der Waals surface area contributed by atoms with E-state index in [9.17, 15) is 18.6 Å². The number of anilines is 1. The molecule has 19 heteroatoms. The SMILES string of the molecule is CC(C)n1ncc2c(N=Cc3cccc(OC(C)n4ncc5c(NS(=O)(=O)N(C)C)cc(C6=CC(OCC(O)CN)=CCC6)nc54)c3)cc(-c3cccc(OCC(O)CN)c3)nc21. The first-order valence-corrected chi connectivity index (χ1v) is 22.0. The summed E-state index contributed by atoms with van der Waals surface area (Å²) in [6, 6.07) is 18.6. The molecule has 0 fully saturated rings. The van der Waals surface area contributed by atoms with Crippen molar-refractivity contribution in [1.82, 2.24) is 33.8 Å². The Labute approximate surface area is 365 Å². The number of aliphatic hydroxyl groups is 2. The number of fused-ring (bicyclic) bond motifs is 2. The molecule has 332 valence electrons. The van der Waals surface area contributed by atoms with Gasteiger partial charge in [0.15, 0.2) is 17.5 Å². The minimum Gasteiger partial charge on any atom is -0.491 e. The molecule has 0 saturated carbocycles. The summed E-state index contributed by atoms with van der Waals surface area (Å²) in [5, 5.41) is 30.3. The van der Waals surface area contributed by atoms with Crippen molar-refractivity contribution in [3.63, 3.8) is 0 Å². The molecule has 4 heterocycles. The second-order valence-electron chi connectivity index (χ2n) is 15.5. The summed E-state index contributed by atoms with van der Waals surface area (Å²) in [5.74, 6) is 1.67. The van der Waals surface area contributed by atoms with Gasteiger partial charge in [0, 0.05) is 45.0 Å². The van der Waals surface area contributed by atoms with Crippen molar-refractivity contribution >= 4 is 55.4 Å². The second-order valence-corrected chi connectivity index (χ2v) is 17.4. The van der Waals surface area contributed by atoms with E-state index in [-0.39, 0.29) is 32.3 Å². The van der Waals surface area contributed by atoms with Crippen LogP contribution in [0.1, 0.15) is 57.1 Å². The number of aromatic nitrogens is 6. The predicted octanol–water partition coefficient (Wildman–Crippen LogP) is 5.09. The number of benzene rings is 2. The number of hydrogen-bond acceptors (Lipinski definition) is 14. The van der Waals surface area contributed by atoms with Gasteiger partial charge < -0.3 is 35.9 Å². The lowest BCUT2D eigenvalue weighted by Gasteiger charge is -2.19. The van der Waals surface area contributed by atoms with Crippen LogP contribution in [0.2, 0.25) is 0 Å². The van der Waals surface area contributed by atoms with Crippen molar-refractivity contribution in [1.29, 1.82) is 0 Å². The highest BCUT2D eigenvalue weighted by atomic mass is 32.2. The average Bonchev–Trinajstić information content (AvgIpc) is 3.92. The van der Waals surface area contributed by atoms with Crippen LogP contribution in [0.4, 0.5) is 11.4 Å². The van der Waals surface area contributed by atoms with Crippen LogP contribution in [0, 0.1) is 0 Å². The molecular formula is C44H53N11O7S. The molecule has 7 rings (SSSR count). The number of nitrogens with zero attached hydrogens (tertiary/aromatic N) is 8. The van der Waals surface area contributed by atoms with Crippen LogP contribution in [0.5, 0.6) is 11.5 Å². The van der Waals surface area contributed by atoms with E-state index in [2.05, 4.69) is 14.9 Å². The normalized spacial score (nSPS) is 14.9. The number of allylic oxidation sites excluding steroid dienone is 3. The Bertz CT molecular complexity index is 2780. The molecule has 0 amide bonds. The fourth-order valence-electron chi connectivity index (χ4n) is 6.70. The van der Waals surface area contributed by atoms with Crippen LogP contribution in [-0.2, 0) is 14.9 Å². The number of pyridine rings is 2. The van der Waals surface area contributed by atoms with Gasteiger partial charge >= 0.3 is 10.2 Å². The topological polar surface area (TPSA) is 243 Å². The predicted molar refractivity (Wildman–Crippen MR) is 243 cm³/mol. The molecule has 7 N–H and O–H groups in total. The average molecular weight is 880 g/mol. The Morgan fingerprint density at radius 1 is 0.873 bits per heavy atom. The second kappa shape index (κ2) is 19.4. The number of hydrogen-bond donors (Lipinski definition) is 5. The molecule has 4 aromatic heterocycles. The maximum absolute atomic E-state index is 13.1. The van der Waals surface area contributed by atoms with Gasteiger partial charge in [0.2, 0.25) is 0 Å². The maximum atomic E-state index is 13.1. The number of nitrogens with one attached hydrogen (secondary N) is 1. The zero-order valence-corrected chi connectivity index (χ0v) is 36.6. The Kier molecular flexibility index (Phi) is 13.8. The van der Waals surface area contributed by atoms with Crippen molar-refractivity contribution in [2.45, 2.75) is 58.1 Å². The summed E-state index contributed by atoms with van der Waals surface area (Å²) in [4.78, 5) is 14.9. The number of aliphatic hydroxyl groups excluding tert-OH is 2. The molecule has 2 aromatic carbocycles. The van der Waals surface area contributed by atoms with Crippen LogP contribution in [-0.4, -0.2) is 111 Å². The Morgan fingerprint density at radius 3 is 2.30 bits per heavy atom. The summed E-state index contributed by atoms with van der Waals surface area (Å²) in [6.45, 7) is 6.17. The summed E-state index contributed by atoms with van der Waals surface area (Å²) in [6.07, 6.45) is 7.82. The third kappa shape index (κ3) is 10.5. The molecule has 3 atom stereocenters. The summed E-state index contributed by atoms with van der Waals surface area (Å²) in [7, 11) is -1.01. The molecule has 1 aliphatic rings. The number of aliphatic imine (C=N–C) groups is 1. The molecule has 0 aliphatic heterocycles. The van der Waals surface area contributed by atoms with Gasteiger partial charge in [-0.25, -0.2) is 19.3 Å². The molecule has 1 aliphatic carbocycles. The minimum atomic E-state index is -3.90. The van der Waals surface area contributed by atoms with Crippen LogP contribution < -0.4 is 25.7 Å². The third-order valence-corrected chi connectivity index (χ3v) is 11.6. The quantitative estimate of drug-likeness (QED) is 0.0667. The standard InChI is InChI=1S/C44H53N11O7S/c1-27(2)54-43-37(23-48-54)41(18-39(50-43)30-10-7-12-34(16-30)60-25-32(56)20-45)47-22-29-9-6-14-36(15-29)62-28(3)55-44-38(24-49-55)42(52-63(58,59)53(4)5)19-40(51-44)31-11-8-13-35(17-31)61-26-33(57)21-46/h6-7,9-10,12-19,22-24,27-28,32-33,56-57H,8,11,20-21,25-26,45-46H2,1-5H3,(H,51,52). The third-order valence-electron chi connectivity index (χ3n) is 10.1. The van der Waals surface area contributed by atoms with E-state index in [4.69, 9.17) is 40.6 Å². The molecular weight excluding hydrogens is 827 g/mol. The monoisotopic (exact) mass is 879 g/mol. The lowest BCUT2D eigenvalue weighted by molar-refractivity contribution is 0.0809. The first-order valence-electron chi connectivity index (χ1n) is 20.5. The van der Waals surface area contributed by atoms with Gasteiger partial charge in [-0.1, -0.05) is 24.3 Å². The van der Waals surface area contributed by atoms with E-state index >= 15 is 0 Å². The number of nitrogens with two attached hydrogens (primary N) is 2. The molecule has 63 heavy (non-hydrogen) atoms. The first-order chi connectivity index (χ1) is 30.2. The van der Waals surface area contributed by atoms with Crippen molar-refractivity contribution in [2.75, 3.05) is 45.1 Å². The molecule has 3 unspecified atom stereocenters. The molecule has 6 aromatic rings. The molecule has 0 saturated heterocycles. The van der Waals surface area contributed by atoms with Gasteiger partial charge in [-0.3, -0.25) is 9.71 Å². The Morgan fingerprint density at radius 2 is 1.56 bits per heavy atom. The highest BCUT2D eigenvalue weighted by Gasteiger charge is 2.23. The highest BCUT2D eigenvalue weighted by molar-refractivity contribution is 7.90. The fourth-order valence-corrected chi connectivity index (χ4v) is 7.33. The van der Waals surface area contributed by atoms with Crippen molar-refractivity contribution < 1.29 is 32.8 Å². The zero-order valence-electron chi connectivity index (χ0n) is 35.8. The number of ether oxygens (including phenoxy) is 3. The van der Waals surface area contributed by atoms with E-state index in [0.29, 0.717) is 69.5 Å². The fraction of sp³-hybridized carbons (Fsp3) is 0.341. The van der Waals surface area contributed by atoms with Gasteiger partial charge in [-0.2, -0.15) is 22.9 Å². The van der Waals surface area contributed by atoms with Gasteiger partial charge in [-0.05, 0) is 93.3 Å². The molecule has 0 radical (unpaired) electrons. The Balaban J connectivity index is 1.18. The van der Waals surface area contributed by atoms with Crippen LogP contribution in [0.15, 0.2) is 96.0 Å². The molecule has 18 nitrogen and oxygen atoms in total. The summed E-state index contributed by atoms with van der Waals surface area (Å²) >= 11 is 0. The summed E-state index contributed by atoms with van der Waals surface area (Å²) < 4.78 is 51.4. The minimum absolute atomic E-state index is 0.0366. The highest BCUT2D eigenvalue weighted by Crippen LogP contribution is 2.35. The van der Waals surface area contributed by atoms with Crippen molar-refractivity contribution in [3.8, 4) is 22.8 Å². The molecule has 0 spiro atoms. The van der Waals surface area contributed by atoms with Crippen LogP contribution in [0.3, 0.4) is 0 Å². The van der Waals surface area contributed by atoms with Gasteiger partial charge in [0.1, 0.15) is 42.7 Å². The van der Waals surface area contributed by atoms with E-state index in [1.165, 1.54) is 14.1 Å². The lowest BCUT2D eigenvalue weighted by atomic mass is 10.00. The Hall–Kier alpha value is -6.22. The van der Waals surface area contributed by atoms with E-state index in [0.717, 1.165) is 26.4 Å². The van der Waals surface area contributed by atoms with Crippen LogP contribution in [0.25, 0.3) is 38.9 Å². The molecule has 0 bridgehead atoms. The van der Waals surface area contributed by atoms with E-state index in [1.54, 1.807) is 29.4 Å². The van der Waals surface area contributed by atoms with Crippen molar-refractivity contribution in [2.24, 2.45) is 16.5 Å². The van der Waals surface area contributed by atoms with E-state index in [1.807, 2.05) is 92.2 Å². The van der Waals surface area contributed by atoms with E-state index < -0.39 is 28.6 Å². The lowest BCUT2D eigenvalue weighted by Crippen LogP contribution is -2.29. The largest absolute Gasteiger partial charge is 0.491 e. The van der Waals surface area contributed by atoms with Gasteiger partial charge in [-0.15, -0.1) is 0 Å².